The molecule has 2 aromatic carbocycles. The number of anilines is 1. The Morgan fingerprint density at radius 3 is 2.20 bits per heavy atom. The van der Waals surface area contributed by atoms with Gasteiger partial charge in [-0.05, 0) is 44.9 Å². The molecule has 0 aliphatic carbocycles. The summed E-state index contributed by atoms with van der Waals surface area (Å²) in [5, 5.41) is 3.28. The molecule has 0 bridgehead atoms. The van der Waals surface area contributed by atoms with Gasteiger partial charge in [0.25, 0.3) is 0 Å². The van der Waals surface area contributed by atoms with E-state index in [1.165, 1.54) is 11.6 Å². The third kappa shape index (κ3) is 2.82. The van der Waals surface area contributed by atoms with E-state index in [1.54, 1.807) is 6.07 Å². The van der Waals surface area contributed by atoms with Crippen LogP contribution in [-0.2, 0) is 0 Å². The van der Waals surface area contributed by atoms with Crippen molar-refractivity contribution in [2.45, 2.75) is 33.7 Å². The lowest BCUT2D eigenvalue weighted by Gasteiger charge is -2.20. The fourth-order valence-corrected chi connectivity index (χ4v) is 2.56. The summed E-state index contributed by atoms with van der Waals surface area (Å²) in [6, 6.07) is 8.11. The molecule has 2 aromatic rings. The minimum absolute atomic E-state index is 0.300. The van der Waals surface area contributed by atoms with Gasteiger partial charge in [0.1, 0.15) is 0 Å². The van der Waals surface area contributed by atoms with Crippen molar-refractivity contribution >= 4 is 5.69 Å². The van der Waals surface area contributed by atoms with Crippen molar-refractivity contribution in [2.24, 2.45) is 0 Å². The molecule has 106 valence electrons. The van der Waals surface area contributed by atoms with E-state index in [1.807, 2.05) is 27.7 Å². The lowest BCUT2D eigenvalue weighted by atomic mass is 10.0. The zero-order chi connectivity index (χ0) is 14.9. The van der Waals surface area contributed by atoms with Crippen LogP contribution in [0.15, 0.2) is 30.3 Å². The quantitative estimate of drug-likeness (QED) is 0.825. The molecule has 1 nitrogen and oxygen atoms in total. The molecule has 0 spiro atoms. The Bertz CT molecular complexity index is 612. The van der Waals surface area contributed by atoms with E-state index in [9.17, 15) is 8.78 Å². The monoisotopic (exact) mass is 275 g/mol. The van der Waals surface area contributed by atoms with E-state index < -0.39 is 11.6 Å². The summed E-state index contributed by atoms with van der Waals surface area (Å²) in [4.78, 5) is 0. The summed E-state index contributed by atoms with van der Waals surface area (Å²) >= 11 is 0. The van der Waals surface area contributed by atoms with Gasteiger partial charge < -0.3 is 5.32 Å². The van der Waals surface area contributed by atoms with Crippen LogP contribution < -0.4 is 5.32 Å². The van der Waals surface area contributed by atoms with Gasteiger partial charge in [-0.3, -0.25) is 0 Å². The summed E-state index contributed by atoms with van der Waals surface area (Å²) in [5.74, 6) is -1.59. The van der Waals surface area contributed by atoms with Crippen molar-refractivity contribution < 1.29 is 8.78 Å². The van der Waals surface area contributed by atoms with Crippen molar-refractivity contribution in [3.05, 3.63) is 64.2 Å². The zero-order valence-corrected chi connectivity index (χ0v) is 12.2. The highest BCUT2D eigenvalue weighted by Crippen LogP contribution is 2.28. The molecule has 0 heterocycles. The van der Waals surface area contributed by atoms with Gasteiger partial charge in [-0.15, -0.1) is 0 Å². The summed E-state index contributed by atoms with van der Waals surface area (Å²) in [6.07, 6.45) is 0. The molecule has 0 aromatic heterocycles. The molecular weight excluding hydrogens is 256 g/mol. The van der Waals surface area contributed by atoms with E-state index in [0.29, 0.717) is 5.56 Å². The SMILES string of the molecule is Cc1cc(C)c(NC(C)c2cccc(F)c2F)c(C)c1. The maximum Gasteiger partial charge on any atom is 0.164 e. The molecule has 3 heteroatoms. The Morgan fingerprint density at radius 1 is 1.00 bits per heavy atom. The predicted molar refractivity (Wildman–Crippen MR) is 79.0 cm³/mol. The molecule has 0 saturated carbocycles. The van der Waals surface area contributed by atoms with Crippen molar-refractivity contribution in [2.75, 3.05) is 5.32 Å². The number of benzene rings is 2. The average molecular weight is 275 g/mol. The zero-order valence-electron chi connectivity index (χ0n) is 12.2. The first kappa shape index (κ1) is 14.5. The van der Waals surface area contributed by atoms with Crippen LogP contribution in [0.4, 0.5) is 14.5 Å². The van der Waals surface area contributed by atoms with E-state index in [-0.39, 0.29) is 6.04 Å². The molecule has 1 N–H and O–H groups in total. The van der Waals surface area contributed by atoms with Gasteiger partial charge in [-0.2, -0.15) is 0 Å². The van der Waals surface area contributed by atoms with Gasteiger partial charge in [-0.1, -0.05) is 29.8 Å². The van der Waals surface area contributed by atoms with Gasteiger partial charge in [0.15, 0.2) is 11.6 Å². The molecule has 0 fully saturated rings. The van der Waals surface area contributed by atoms with Crippen LogP contribution in [0.1, 0.15) is 35.2 Å². The molecule has 1 unspecified atom stereocenters. The van der Waals surface area contributed by atoms with Crippen LogP contribution in [-0.4, -0.2) is 0 Å². The average Bonchev–Trinajstić information content (AvgIpc) is 2.36. The normalized spacial score (nSPS) is 12.3. The summed E-state index contributed by atoms with van der Waals surface area (Å²) in [6.45, 7) is 7.89. The largest absolute Gasteiger partial charge is 0.378 e. The molecule has 1 atom stereocenters. The number of hydrogen-bond donors (Lipinski definition) is 1. The van der Waals surface area contributed by atoms with Crippen molar-refractivity contribution in [1.29, 1.82) is 0 Å². The van der Waals surface area contributed by atoms with Crippen LogP contribution in [0, 0.1) is 32.4 Å². The number of aryl methyl sites for hydroxylation is 3. The first-order valence-electron chi connectivity index (χ1n) is 6.68. The second-order valence-electron chi connectivity index (χ2n) is 5.28. The van der Waals surface area contributed by atoms with Crippen molar-refractivity contribution in [1.82, 2.24) is 0 Å². The third-order valence-corrected chi connectivity index (χ3v) is 3.49. The van der Waals surface area contributed by atoms with Crippen LogP contribution in [0.2, 0.25) is 0 Å². The molecule has 0 aliphatic rings. The first-order valence-corrected chi connectivity index (χ1v) is 6.68. The van der Waals surface area contributed by atoms with Crippen LogP contribution >= 0.6 is 0 Å². The second kappa shape index (κ2) is 5.61. The fourth-order valence-electron chi connectivity index (χ4n) is 2.56. The molecule has 0 saturated heterocycles. The van der Waals surface area contributed by atoms with Crippen LogP contribution in [0.25, 0.3) is 0 Å². The van der Waals surface area contributed by atoms with Crippen molar-refractivity contribution in [3.63, 3.8) is 0 Å². The van der Waals surface area contributed by atoms with Crippen molar-refractivity contribution in [3.8, 4) is 0 Å². The first-order chi connectivity index (χ1) is 9.40. The Hall–Kier alpha value is -1.90. The highest BCUT2D eigenvalue weighted by Gasteiger charge is 2.15. The number of hydrogen-bond acceptors (Lipinski definition) is 1. The third-order valence-electron chi connectivity index (χ3n) is 3.49. The smallest absolute Gasteiger partial charge is 0.164 e. The molecule has 0 radical (unpaired) electrons. The Labute approximate surface area is 118 Å². The maximum atomic E-state index is 13.8. The summed E-state index contributed by atoms with van der Waals surface area (Å²) in [5.41, 5.74) is 4.71. The number of nitrogens with one attached hydrogen (secondary N) is 1. The fraction of sp³-hybridized carbons (Fsp3) is 0.294. The van der Waals surface area contributed by atoms with E-state index in [2.05, 4.69) is 17.4 Å². The van der Waals surface area contributed by atoms with E-state index in [4.69, 9.17) is 0 Å². The molecule has 20 heavy (non-hydrogen) atoms. The topological polar surface area (TPSA) is 12.0 Å². The Morgan fingerprint density at radius 2 is 1.60 bits per heavy atom. The summed E-state index contributed by atoms with van der Waals surface area (Å²) < 4.78 is 27.1. The molecule has 0 aliphatic heterocycles. The molecule has 2 rings (SSSR count). The standard InChI is InChI=1S/C17H19F2N/c1-10-8-11(2)17(12(3)9-10)20-13(4)14-6-5-7-15(18)16(14)19/h5-9,13,20H,1-4H3. The van der Waals surface area contributed by atoms with Crippen LogP contribution in [0.5, 0.6) is 0 Å². The molecule has 0 amide bonds. The maximum absolute atomic E-state index is 13.8. The molecular formula is C17H19F2N. The minimum atomic E-state index is -0.812. The van der Waals surface area contributed by atoms with Gasteiger partial charge >= 0.3 is 0 Å². The minimum Gasteiger partial charge on any atom is -0.378 e. The highest BCUT2D eigenvalue weighted by molar-refractivity contribution is 5.59. The van der Waals surface area contributed by atoms with Gasteiger partial charge in [0, 0.05) is 11.3 Å². The van der Waals surface area contributed by atoms with Gasteiger partial charge in [0.05, 0.1) is 6.04 Å². The highest BCUT2D eigenvalue weighted by atomic mass is 19.2. The number of rotatable bonds is 3. The predicted octanol–water partition coefficient (Wildman–Crippen LogP) is 5.06. The van der Waals surface area contributed by atoms with Gasteiger partial charge in [-0.25, -0.2) is 8.78 Å². The Balaban J connectivity index is 2.33. The lowest BCUT2D eigenvalue weighted by Crippen LogP contribution is -2.11. The van der Waals surface area contributed by atoms with Crippen LogP contribution in [0.3, 0.4) is 0 Å². The van der Waals surface area contributed by atoms with E-state index in [0.717, 1.165) is 22.9 Å². The second-order valence-corrected chi connectivity index (χ2v) is 5.28. The van der Waals surface area contributed by atoms with Gasteiger partial charge in [0.2, 0.25) is 0 Å². The van der Waals surface area contributed by atoms with E-state index >= 15 is 0 Å². The Kier molecular flexibility index (Phi) is 4.07. The summed E-state index contributed by atoms with van der Waals surface area (Å²) in [7, 11) is 0. The lowest BCUT2D eigenvalue weighted by molar-refractivity contribution is 0.494. The number of halogens is 2.